The molecule has 0 aliphatic carbocycles. The summed E-state index contributed by atoms with van der Waals surface area (Å²) >= 11 is 0. The number of amides is 2. The normalized spacial score (nSPS) is 22.4. The van der Waals surface area contributed by atoms with E-state index in [-0.39, 0.29) is 5.91 Å². The lowest BCUT2D eigenvalue weighted by Gasteiger charge is -2.34. The average Bonchev–Trinajstić information content (AvgIpc) is 2.45. The van der Waals surface area contributed by atoms with Gasteiger partial charge in [0.2, 0.25) is 0 Å². The number of carbonyl (C=O) groups excluding carboxylic acids is 2. The summed E-state index contributed by atoms with van der Waals surface area (Å²) in [6, 6.07) is 0. The van der Waals surface area contributed by atoms with E-state index in [9.17, 15) is 9.59 Å². The van der Waals surface area contributed by atoms with Crippen molar-refractivity contribution in [2.24, 2.45) is 11.8 Å². The topological polar surface area (TPSA) is 52.7 Å². The zero-order valence-electron chi connectivity index (χ0n) is 14.0. The molecule has 0 radical (unpaired) electrons. The van der Waals surface area contributed by atoms with Crippen molar-refractivity contribution in [1.82, 2.24) is 15.1 Å². The van der Waals surface area contributed by atoms with E-state index in [0.717, 1.165) is 32.5 Å². The van der Waals surface area contributed by atoms with Crippen molar-refractivity contribution in [3.8, 4) is 0 Å². The summed E-state index contributed by atoms with van der Waals surface area (Å²) in [7, 11) is 0. The number of hydrogen-bond donors (Lipinski definition) is 1. The van der Waals surface area contributed by atoms with Gasteiger partial charge >= 0.3 is 11.8 Å². The van der Waals surface area contributed by atoms with Crippen molar-refractivity contribution < 1.29 is 9.59 Å². The van der Waals surface area contributed by atoms with Crippen LogP contribution in [0.5, 0.6) is 0 Å². The zero-order chi connectivity index (χ0) is 15.8. The van der Waals surface area contributed by atoms with Crippen LogP contribution in [-0.4, -0.2) is 60.9 Å². The number of carbonyl (C=O) groups is 2. The minimum atomic E-state index is -0.448. The van der Waals surface area contributed by atoms with Crippen molar-refractivity contribution in [1.29, 1.82) is 0 Å². The quantitative estimate of drug-likeness (QED) is 0.594. The minimum absolute atomic E-state index is 0.365. The molecular weight excluding hydrogens is 266 g/mol. The van der Waals surface area contributed by atoms with Gasteiger partial charge in [0.15, 0.2) is 0 Å². The summed E-state index contributed by atoms with van der Waals surface area (Å²) < 4.78 is 0. The Bertz CT molecular complexity index is 332. The molecule has 1 aliphatic rings. The van der Waals surface area contributed by atoms with Gasteiger partial charge in [-0.1, -0.05) is 27.7 Å². The maximum absolute atomic E-state index is 12.1. The van der Waals surface area contributed by atoms with Gasteiger partial charge < -0.3 is 15.1 Å². The second-order valence-corrected chi connectivity index (χ2v) is 6.29. The molecule has 5 nitrogen and oxygen atoms in total. The summed E-state index contributed by atoms with van der Waals surface area (Å²) in [4.78, 5) is 28.1. The fraction of sp³-hybridized carbons (Fsp3) is 0.875. The molecule has 0 saturated carbocycles. The molecule has 2 amide bonds. The van der Waals surface area contributed by atoms with Crippen molar-refractivity contribution >= 4 is 11.8 Å². The summed E-state index contributed by atoms with van der Waals surface area (Å²) in [6.07, 6.45) is 2.02. The summed E-state index contributed by atoms with van der Waals surface area (Å²) in [6.45, 7) is 13.5. The van der Waals surface area contributed by atoms with E-state index >= 15 is 0 Å². The van der Waals surface area contributed by atoms with Gasteiger partial charge in [-0.2, -0.15) is 0 Å². The van der Waals surface area contributed by atoms with E-state index in [1.165, 1.54) is 0 Å². The lowest BCUT2D eigenvalue weighted by Crippen LogP contribution is -2.49. The van der Waals surface area contributed by atoms with Crippen LogP contribution in [0.1, 0.15) is 40.5 Å². The van der Waals surface area contributed by atoms with Crippen molar-refractivity contribution in [3.63, 3.8) is 0 Å². The van der Waals surface area contributed by atoms with Crippen LogP contribution in [0.3, 0.4) is 0 Å². The van der Waals surface area contributed by atoms with Crippen LogP contribution in [0.25, 0.3) is 0 Å². The number of rotatable bonds is 6. The van der Waals surface area contributed by atoms with Crippen LogP contribution < -0.4 is 5.32 Å². The highest BCUT2D eigenvalue weighted by molar-refractivity contribution is 6.35. The van der Waals surface area contributed by atoms with Gasteiger partial charge in [-0.05, 0) is 44.3 Å². The molecule has 1 saturated heterocycles. The number of likely N-dealkylation sites (tertiary alicyclic amines) is 1. The minimum Gasteiger partial charge on any atom is -0.348 e. The van der Waals surface area contributed by atoms with Crippen LogP contribution in [0.2, 0.25) is 0 Å². The Kier molecular flexibility index (Phi) is 7.72. The Hall–Kier alpha value is -1.10. The standard InChI is InChI=1S/C16H31N3O2/c1-5-18(6-2)9-7-8-17-15(20)16(21)19-11-13(3)10-14(4)12-19/h13-14H,5-12H2,1-4H3,(H,17,20). The van der Waals surface area contributed by atoms with Gasteiger partial charge in [0.05, 0.1) is 0 Å². The Labute approximate surface area is 129 Å². The second kappa shape index (κ2) is 9.03. The number of piperidine rings is 1. The van der Waals surface area contributed by atoms with Gasteiger partial charge in [0.1, 0.15) is 0 Å². The maximum atomic E-state index is 12.1. The van der Waals surface area contributed by atoms with Gasteiger partial charge in [-0.25, -0.2) is 0 Å². The van der Waals surface area contributed by atoms with E-state index in [4.69, 9.17) is 0 Å². The van der Waals surface area contributed by atoms with Crippen LogP contribution in [0, 0.1) is 11.8 Å². The highest BCUT2D eigenvalue weighted by atomic mass is 16.2. The molecule has 1 N–H and O–H groups in total. The first-order chi connectivity index (χ1) is 9.97. The molecule has 21 heavy (non-hydrogen) atoms. The van der Waals surface area contributed by atoms with Gasteiger partial charge in [-0.15, -0.1) is 0 Å². The first-order valence-corrected chi connectivity index (χ1v) is 8.27. The number of hydrogen-bond acceptors (Lipinski definition) is 3. The van der Waals surface area contributed by atoms with E-state index < -0.39 is 5.91 Å². The third-order valence-electron chi connectivity index (χ3n) is 4.18. The molecule has 1 rings (SSSR count). The SMILES string of the molecule is CCN(CC)CCCNC(=O)C(=O)N1CC(C)CC(C)C1. The van der Waals surface area contributed by atoms with Crippen LogP contribution >= 0.6 is 0 Å². The molecule has 1 fully saturated rings. The lowest BCUT2D eigenvalue weighted by molar-refractivity contribution is -0.147. The molecule has 2 atom stereocenters. The molecule has 0 bridgehead atoms. The third kappa shape index (κ3) is 6.04. The Balaban J connectivity index is 2.29. The predicted octanol–water partition coefficient (Wildman–Crippen LogP) is 1.34. The zero-order valence-corrected chi connectivity index (χ0v) is 14.0. The van der Waals surface area contributed by atoms with Gasteiger partial charge in [0.25, 0.3) is 0 Å². The molecule has 0 aromatic heterocycles. The molecule has 5 heteroatoms. The first-order valence-electron chi connectivity index (χ1n) is 8.27. The molecule has 2 unspecified atom stereocenters. The van der Waals surface area contributed by atoms with E-state index in [1.54, 1.807) is 4.90 Å². The first kappa shape index (κ1) is 18.0. The average molecular weight is 297 g/mol. The van der Waals surface area contributed by atoms with E-state index in [2.05, 4.69) is 37.9 Å². The van der Waals surface area contributed by atoms with Crippen LogP contribution in [0.4, 0.5) is 0 Å². The number of nitrogens with zero attached hydrogens (tertiary/aromatic N) is 2. The molecule has 0 aromatic carbocycles. The van der Waals surface area contributed by atoms with Crippen molar-refractivity contribution in [3.05, 3.63) is 0 Å². The van der Waals surface area contributed by atoms with E-state index in [0.29, 0.717) is 31.5 Å². The van der Waals surface area contributed by atoms with Crippen molar-refractivity contribution in [2.45, 2.75) is 40.5 Å². The maximum Gasteiger partial charge on any atom is 0.311 e. The highest BCUT2D eigenvalue weighted by Gasteiger charge is 2.28. The third-order valence-corrected chi connectivity index (χ3v) is 4.18. The summed E-state index contributed by atoms with van der Waals surface area (Å²) in [5, 5.41) is 2.76. The number of nitrogens with one attached hydrogen (secondary N) is 1. The second-order valence-electron chi connectivity index (χ2n) is 6.29. The van der Waals surface area contributed by atoms with Crippen LogP contribution in [0.15, 0.2) is 0 Å². The highest BCUT2D eigenvalue weighted by Crippen LogP contribution is 2.20. The van der Waals surface area contributed by atoms with Crippen LogP contribution in [-0.2, 0) is 9.59 Å². The smallest absolute Gasteiger partial charge is 0.311 e. The van der Waals surface area contributed by atoms with E-state index in [1.807, 2.05) is 0 Å². The fourth-order valence-electron chi connectivity index (χ4n) is 3.09. The van der Waals surface area contributed by atoms with Crippen molar-refractivity contribution in [2.75, 3.05) is 39.3 Å². The molecule has 1 aliphatic heterocycles. The molecule has 122 valence electrons. The predicted molar refractivity (Wildman–Crippen MR) is 84.9 cm³/mol. The van der Waals surface area contributed by atoms with Gasteiger partial charge in [-0.3, -0.25) is 9.59 Å². The molecule has 1 heterocycles. The van der Waals surface area contributed by atoms with Gasteiger partial charge in [0, 0.05) is 19.6 Å². The Morgan fingerprint density at radius 2 is 1.71 bits per heavy atom. The molecular formula is C16H31N3O2. The fourth-order valence-corrected chi connectivity index (χ4v) is 3.09. The largest absolute Gasteiger partial charge is 0.348 e. The Morgan fingerprint density at radius 1 is 1.14 bits per heavy atom. The molecule has 0 spiro atoms. The lowest BCUT2D eigenvalue weighted by atomic mass is 9.92. The molecule has 0 aromatic rings. The monoisotopic (exact) mass is 297 g/mol. The Morgan fingerprint density at radius 3 is 2.24 bits per heavy atom. The summed E-state index contributed by atoms with van der Waals surface area (Å²) in [5.41, 5.74) is 0. The summed E-state index contributed by atoms with van der Waals surface area (Å²) in [5.74, 6) is 0.147.